The monoisotopic (exact) mass is 184 g/mol. The third-order valence-electron chi connectivity index (χ3n) is 3.55. The lowest BCUT2D eigenvalue weighted by Crippen LogP contribution is -2.38. The van der Waals surface area contributed by atoms with Crippen LogP contribution in [0.25, 0.3) is 0 Å². The van der Waals surface area contributed by atoms with Crippen molar-refractivity contribution in [2.45, 2.75) is 45.6 Å². The zero-order valence-corrected chi connectivity index (χ0v) is 9.34. The van der Waals surface area contributed by atoms with Crippen molar-refractivity contribution in [1.82, 2.24) is 4.90 Å². The molecule has 2 nitrogen and oxygen atoms in total. The van der Waals surface area contributed by atoms with Gasteiger partial charge in [0.25, 0.3) is 0 Å². The van der Waals surface area contributed by atoms with Gasteiger partial charge in [0.15, 0.2) is 0 Å². The Labute approximate surface area is 82.5 Å². The van der Waals surface area contributed by atoms with Crippen LogP contribution in [0.1, 0.15) is 39.5 Å². The van der Waals surface area contributed by atoms with Gasteiger partial charge in [-0.2, -0.15) is 0 Å². The van der Waals surface area contributed by atoms with Crippen LogP contribution in [-0.4, -0.2) is 31.1 Å². The van der Waals surface area contributed by atoms with E-state index in [0.29, 0.717) is 11.5 Å². The Hall–Kier alpha value is -0.0800. The van der Waals surface area contributed by atoms with Gasteiger partial charge in [-0.1, -0.05) is 20.3 Å². The number of likely N-dealkylation sites (tertiary alicyclic amines) is 1. The van der Waals surface area contributed by atoms with E-state index < -0.39 is 0 Å². The van der Waals surface area contributed by atoms with Crippen LogP contribution in [-0.2, 0) is 0 Å². The van der Waals surface area contributed by atoms with Gasteiger partial charge in [0.05, 0.1) is 0 Å². The summed E-state index contributed by atoms with van der Waals surface area (Å²) in [7, 11) is 2.21. The molecule has 2 atom stereocenters. The molecule has 1 saturated heterocycles. The maximum absolute atomic E-state index is 6.11. The predicted molar refractivity (Wildman–Crippen MR) is 57.7 cm³/mol. The van der Waals surface area contributed by atoms with E-state index in [4.69, 9.17) is 5.73 Å². The molecule has 2 rings (SSSR count). The second-order valence-corrected chi connectivity index (χ2v) is 4.35. The van der Waals surface area contributed by atoms with Gasteiger partial charge in [-0.05, 0) is 38.3 Å². The molecular weight excluding hydrogens is 160 g/mol. The fraction of sp³-hybridized carbons (Fsp3) is 1.00. The second kappa shape index (κ2) is 4.43. The topological polar surface area (TPSA) is 29.3 Å². The first-order valence-corrected chi connectivity index (χ1v) is 5.67. The van der Waals surface area contributed by atoms with Crippen LogP contribution >= 0.6 is 0 Å². The Kier molecular flexibility index (Phi) is 3.74. The summed E-state index contributed by atoms with van der Waals surface area (Å²) >= 11 is 0. The molecule has 78 valence electrons. The molecule has 0 aromatic rings. The molecule has 1 heterocycles. The van der Waals surface area contributed by atoms with E-state index in [9.17, 15) is 0 Å². The normalized spacial score (nSPS) is 39.2. The molecule has 1 aliphatic heterocycles. The molecule has 2 heteroatoms. The van der Waals surface area contributed by atoms with E-state index in [1.165, 1.54) is 38.8 Å². The largest absolute Gasteiger partial charge is 0.327 e. The summed E-state index contributed by atoms with van der Waals surface area (Å²) in [6.45, 7) is 6.50. The Morgan fingerprint density at radius 1 is 1.31 bits per heavy atom. The van der Waals surface area contributed by atoms with Crippen molar-refractivity contribution in [2.75, 3.05) is 20.1 Å². The Balaban J connectivity index is 0.000000396. The summed E-state index contributed by atoms with van der Waals surface area (Å²) in [6, 6.07) is 0.493. The molecule has 2 aliphatic rings. The molecule has 0 aromatic carbocycles. The minimum absolute atomic E-state index is 0.493. The first-order valence-electron chi connectivity index (χ1n) is 5.67. The Bertz CT molecular complexity index is 158. The lowest BCUT2D eigenvalue weighted by molar-refractivity contribution is 0.258. The van der Waals surface area contributed by atoms with Crippen molar-refractivity contribution in [1.29, 1.82) is 0 Å². The van der Waals surface area contributed by atoms with Gasteiger partial charge < -0.3 is 10.6 Å². The second-order valence-electron chi connectivity index (χ2n) is 4.35. The standard InChI is InChI=1S/C9H18N2.C2H6/c1-11-6-5-9(7-11)4-2-3-8(9)10;1-2/h8H,2-7,10H2,1H3;1-2H3. The molecular formula is C11H24N2. The van der Waals surface area contributed by atoms with Gasteiger partial charge in [0.1, 0.15) is 0 Å². The maximum Gasteiger partial charge on any atom is 0.0108 e. The van der Waals surface area contributed by atoms with Gasteiger partial charge in [-0.15, -0.1) is 0 Å². The van der Waals surface area contributed by atoms with Crippen LogP contribution in [0.15, 0.2) is 0 Å². The summed E-state index contributed by atoms with van der Waals surface area (Å²) in [4.78, 5) is 2.42. The van der Waals surface area contributed by atoms with E-state index in [0.717, 1.165) is 0 Å². The van der Waals surface area contributed by atoms with Gasteiger partial charge >= 0.3 is 0 Å². The van der Waals surface area contributed by atoms with Crippen molar-refractivity contribution < 1.29 is 0 Å². The van der Waals surface area contributed by atoms with Crippen molar-refractivity contribution in [3.63, 3.8) is 0 Å². The average molecular weight is 184 g/mol. The zero-order chi connectivity index (χ0) is 9.90. The summed E-state index contributed by atoms with van der Waals surface area (Å²) in [5, 5.41) is 0. The highest BCUT2D eigenvalue weighted by Crippen LogP contribution is 2.43. The maximum atomic E-state index is 6.11. The zero-order valence-electron chi connectivity index (χ0n) is 9.34. The van der Waals surface area contributed by atoms with Crippen LogP contribution in [0.5, 0.6) is 0 Å². The molecule has 0 radical (unpaired) electrons. The quantitative estimate of drug-likeness (QED) is 0.622. The van der Waals surface area contributed by atoms with Gasteiger partial charge in [0, 0.05) is 12.6 Å². The van der Waals surface area contributed by atoms with Crippen LogP contribution in [0.4, 0.5) is 0 Å². The van der Waals surface area contributed by atoms with Crippen LogP contribution in [0, 0.1) is 5.41 Å². The highest BCUT2D eigenvalue weighted by atomic mass is 15.1. The minimum Gasteiger partial charge on any atom is -0.327 e. The average Bonchev–Trinajstić information content (AvgIpc) is 2.67. The smallest absolute Gasteiger partial charge is 0.0108 e. The number of hydrogen-bond acceptors (Lipinski definition) is 2. The number of rotatable bonds is 0. The molecule has 0 bridgehead atoms. The number of nitrogens with two attached hydrogens (primary N) is 1. The number of hydrogen-bond donors (Lipinski definition) is 1. The fourth-order valence-corrected chi connectivity index (χ4v) is 2.78. The molecule has 2 unspecified atom stereocenters. The first-order chi connectivity index (χ1) is 6.23. The van der Waals surface area contributed by atoms with Crippen molar-refractivity contribution in [3.05, 3.63) is 0 Å². The fourth-order valence-electron chi connectivity index (χ4n) is 2.78. The summed E-state index contributed by atoms with van der Waals surface area (Å²) in [5.41, 5.74) is 6.63. The van der Waals surface area contributed by atoms with Crippen LogP contribution in [0.3, 0.4) is 0 Å². The third-order valence-corrected chi connectivity index (χ3v) is 3.55. The molecule has 0 aromatic heterocycles. The summed E-state index contributed by atoms with van der Waals surface area (Å²) in [5.74, 6) is 0. The third kappa shape index (κ3) is 2.05. The lowest BCUT2D eigenvalue weighted by Gasteiger charge is -2.27. The van der Waals surface area contributed by atoms with E-state index >= 15 is 0 Å². The molecule has 2 N–H and O–H groups in total. The van der Waals surface area contributed by atoms with Gasteiger partial charge in [-0.25, -0.2) is 0 Å². The Morgan fingerprint density at radius 3 is 2.38 bits per heavy atom. The van der Waals surface area contributed by atoms with Gasteiger partial charge in [0.2, 0.25) is 0 Å². The molecule has 0 amide bonds. The first kappa shape index (κ1) is 11.0. The summed E-state index contributed by atoms with van der Waals surface area (Å²) < 4.78 is 0. The molecule has 1 saturated carbocycles. The Morgan fingerprint density at radius 2 is 2.00 bits per heavy atom. The van der Waals surface area contributed by atoms with E-state index in [2.05, 4.69) is 11.9 Å². The molecule has 2 fully saturated rings. The molecule has 13 heavy (non-hydrogen) atoms. The highest BCUT2D eigenvalue weighted by molar-refractivity contribution is 5.00. The van der Waals surface area contributed by atoms with Crippen molar-refractivity contribution in [2.24, 2.45) is 11.1 Å². The van der Waals surface area contributed by atoms with E-state index in [1.807, 2.05) is 13.8 Å². The van der Waals surface area contributed by atoms with Crippen LogP contribution < -0.4 is 5.73 Å². The minimum atomic E-state index is 0.493. The SMILES string of the molecule is CC.CN1CCC2(CCCC2N)C1. The van der Waals surface area contributed by atoms with Crippen LogP contribution in [0.2, 0.25) is 0 Å². The molecule has 1 aliphatic carbocycles. The molecule has 1 spiro atoms. The lowest BCUT2D eigenvalue weighted by atomic mass is 9.82. The van der Waals surface area contributed by atoms with E-state index in [1.54, 1.807) is 0 Å². The summed E-state index contributed by atoms with van der Waals surface area (Å²) in [6.07, 6.45) is 5.33. The predicted octanol–water partition coefficient (Wildman–Crippen LogP) is 1.85. The number of nitrogens with zero attached hydrogens (tertiary/aromatic N) is 1. The van der Waals surface area contributed by atoms with E-state index in [-0.39, 0.29) is 0 Å². The van der Waals surface area contributed by atoms with Crippen molar-refractivity contribution in [3.8, 4) is 0 Å². The highest BCUT2D eigenvalue weighted by Gasteiger charge is 2.44. The van der Waals surface area contributed by atoms with Crippen molar-refractivity contribution >= 4 is 0 Å². The van der Waals surface area contributed by atoms with Gasteiger partial charge in [-0.3, -0.25) is 0 Å².